The van der Waals surface area contributed by atoms with E-state index in [0.29, 0.717) is 25.7 Å². The van der Waals surface area contributed by atoms with Crippen molar-refractivity contribution in [1.29, 1.82) is 0 Å². The molecule has 0 aromatic heterocycles. The van der Waals surface area contributed by atoms with Gasteiger partial charge in [-0.25, -0.2) is 9.13 Å². The van der Waals surface area contributed by atoms with E-state index in [2.05, 4.69) is 48.5 Å². The van der Waals surface area contributed by atoms with Gasteiger partial charge in [0.1, 0.15) is 19.3 Å². The zero-order valence-electron chi connectivity index (χ0n) is 60.0. The van der Waals surface area contributed by atoms with Crippen LogP contribution in [-0.2, 0) is 65.4 Å². The molecule has 92 heavy (non-hydrogen) atoms. The number of carbonyl (C=O) groups excluding carboxylic acids is 4. The molecule has 2 unspecified atom stereocenters. The minimum atomic E-state index is -4.95. The molecule has 0 amide bonds. The molecule has 0 aliphatic heterocycles. The van der Waals surface area contributed by atoms with E-state index >= 15 is 0 Å². The van der Waals surface area contributed by atoms with Crippen molar-refractivity contribution in [2.75, 3.05) is 39.6 Å². The predicted octanol–water partition coefficient (Wildman–Crippen LogP) is 21.0. The quantitative estimate of drug-likeness (QED) is 0.0222. The van der Waals surface area contributed by atoms with Crippen molar-refractivity contribution in [3.05, 3.63) is 0 Å². The summed E-state index contributed by atoms with van der Waals surface area (Å²) in [5.41, 5.74) is 0. The lowest BCUT2D eigenvalue weighted by atomic mass is 10.0. The van der Waals surface area contributed by atoms with Crippen molar-refractivity contribution in [2.24, 2.45) is 17.8 Å². The summed E-state index contributed by atoms with van der Waals surface area (Å²) in [6.45, 7) is 11.8. The number of hydrogen-bond acceptors (Lipinski definition) is 15. The number of aliphatic hydroxyl groups is 1. The second-order valence-corrected chi connectivity index (χ2v) is 30.7. The molecule has 0 saturated carbocycles. The van der Waals surface area contributed by atoms with Crippen molar-refractivity contribution in [3.8, 4) is 0 Å². The maximum absolute atomic E-state index is 13.1. The first kappa shape index (κ1) is 90.1. The van der Waals surface area contributed by atoms with Crippen LogP contribution in [0.5, 0.6) is 0 Å². The summed E-state index contributed by atoms with van der Waals surface area (Å²) in [6, 6.07) is 0. The molecular weight excluding hydrogens is 1210 g/mol. The summed E-state index contributed by atoms with van der Waals surface area (Å²) in [5.74, 6) is 0.112. The average molecular weight is 1350 g/mol. The number of rotatable bonds is 71. The van der Waals surface area contributed by atoms with Crippen molar-refractivity contribution in [3.63, 3.8) is 0 Å². The van der Waals surface area contributed by atoms with E-state index in [0.717, 1.165) is 108 Å². The first-order valence-electron chi connectivity index (χ1n) is 37.8. The summed E-state index contributed by atoms with van der Waals surface area (Å²) >= 11 is 0. The molecule has 0 aromatic carbocycles. The van der Waals surface area contributed by atoms with Crippen LogP contribution in [0.3, 0.4) is 0 Å². The fraction of sp³-hybridized carbons (Fsp3) is 0.945. The third-order valence-corrected chi connectivity index (χ3v) is 18.8. The van der Waals surface area contributed by atoms with E-state index in [1.807, 2.05) is 0 Å². The lowest BCUT2D eigenvalue weighted by Gasteiger charge is -2.21. The lowest BCUT2D eigenvalue weighted by molar-refractivity contribution is -0.161. The summed E-state index contributed by atoms with van der Waals surface area (Å²) in [5, 5.41) is 10.6. The van der Waals surface area contributed by atoms with Gasteiger partial charge in [0, 0.05) is 25.7 Å². The number of phosphoric ester groups is 2. The molecule has 0 rings (SSSR count). The largest absolute Gasteiger partial charge is 0.472 e. The third kappa shape index (κ3) is 66.7. The maximum Gasteiger partial charge on any atom is 0.472 e. The summed E-state index contributed by atoms with van der Waals surface area (Å²) in [4.78, 5) is 72.7. The Kier molecular flexibility index (Phi) is 62.4. The van der Waals surface area contributed by atoms with Crippen LogP contribution in [0.2, 0.25) is 0 Å². The third-order valence-electron chi connectivity index (χ3n) is 16.9. The summed E-state index contributed by atoms with van der Waals surface area (Å²) < 4.78 is 68.4. The monoisotopic (exact) mass is 1350 g/mol. The van der Waals surface area contributed by atoms with Gasteiger partial charge < -0.3 is 33.8 Å². The van der Waals surface area contributed by atoms with Gasteiger partial charge in [-0.3, -0.25) is 37.3 Å². The Hall–Kier alpha value is -1.94. The number of unbranched alkanes of at least 4 members (excludes halogenated alkanes) is 39. The van der Waals surface area contributed by atoms with Gasteiger partial charge in [-0.05, 0) is 43.4 Å². The minimum Gasteiger partial charge on any atom is -0.462 e. The van der Waals surface area contributed by atoms with Crippen molar-refractivity contribution < 1.29 is 80.2 Å². The molecule has 0 spiro atoms. The zero-order chi connectivity index (χ0) is 68.0. The highest BCUT2D eigenvalue weighted by molar-refractivity contribution is 7.47. The Morgan fingerprint density at radius 3 is 0.739 bits per heavy atom. The van der Waals surface area contributed by atoms with Crippen LogP contribution in [0.25, 0.3) is 0 Å². The molecule has 0 aliphatic rings. The van der Waals surface area contributed by atoms with Crippen LogP contribution in [0.15, 0.2) is 0 Å². The number of hydrogen-bond donors (Lipinski definition) is 3. The highest BCUT2D eigenvalue weighted by atomic mass is 31.2. The van der Waals surface area contributed by atoms with Gasteiger partial charge >= 0.3 is 39.5 Å². The summed E-state index contributed by atoms with van der Waals surface area (Å²) in [6.07, 6.45) is 48.5. The fourth-order valence-electron chi connectivity index (χ4n) is 11.1. The number of ether oxygens (including phenoxy) is 4. The number of carbonyl (C=O) groups is 4. The molecule has 0 heterocycles. The smallest absolute Gasteiger partial charge is 0.462 e. The van der Waals surface area contributed by atoms with Crippen molar-refractivity contribution >= 4 is 39.5 Å². The predicted molar refractivity (Wildman–Crippen MR) is 372 cm³/mol. The highest BCUT2D eigenvalue weighted by Crippen LogP contribution is 2.45. The lowest BCUT2D eigenvalue weighted by Crippen LogP contribution is -2.30. The normalized spacial score (nSPS) is 14.1. The van der Waals surface area contributed by atoms with E-state index in [1.54, 1.807) is 0 Å². The van der Waals surface area contributed by atoms with Gasteiger partial charge in [-0.2, -0.15) is 0 Å². The van der Waals surface area contributed by atoms with Gasteiger partial charge in [0.05, 0.1) is 26.4 Å². The molecule has 0 bridgehead atoms. The van der Waals surface area contributed by atoms with Crippen LogP contribution in [0.1, 0.15) is 370 Å². The molecule has 19 heteroatoms. The van der Waals surface area contributed by atoms with Crippen LogP contribution in [0.4, 0.5) is 0 Å². The molecule has 3 N–H and O–H groups in total. The Morgan fingerprint density at radius 2 is 0.500 bits per heavy atom. The molecule has 546 valence electrons. The summed E-state index contributed by atoms with van der Waals surface area (Å²) in [7, 11) is -9.91. The van der Waals surface area contributed by atoms with E-state index < -0.39 is 97.5 Å². The number of esters is 4. The second-order valence-electron chi connectivity index (χ2n) is 27.8. The molecule has 0 aliphatic carbocycles. The molecular formula is C73H142O17P2. The molecule has 0 aromatic rings. The van der Waals surface area contributed by atoms with Crippen LogP contribution in [0, 0.1) is 17.8 Å². The Bertz CT molecular complexity index is 1800. The second kappa shape index (κ2) is 63.8. The van der Waals surface area contributed by atoms with Gasteiger partial charge in [0.25, 0.3) is 0 Å². The fourth-order valence-corrected chi connectivity index (χ4v) is 12.7. The topological polar surface area (TPSA) is 237 Å². The Balaban J connectivity index is 5.26. The standard InChI is InChI=1S/C73H142O17P2/c1-8-9-10-11-12-13-14-15-16-17-20-26-35-42-49-56-72(77)89-68(60-83-70(75)54-47-40-33-25-21-18-19-23-30-37-44-51-64(2)3)62-87-91(79,80)85-58-67(74)59-86-92(81,82)88-63-69(61-84-71(76)55-48-41-34-29-28-32-39-46-53-66(6)7)90-73(78)57-50-43-36-27-22-24-31-38-45-52-65(4)5/h64-69,74H,8-63H2,1-7H3,(H,79,80)(H,81,82)/t67-,68-,69-/m1/s1. The number of phosphoric acid groups is 2. The van der Waals surface area contributed by atoms with Crippen molar-refractivity contribution in [2.45, 2.75) is 388 Å². The van der Waals surface area contributed by atoms with Crippen LogP contribution < -0.4 is 0 Å². The average Bonchev–Trinajstić information content (AvgIpc) is 2.34. The van der Waals surface area contributed by atoms with E-state index in [4.69, 9.17) is 37.0 Å². The van der Waals surface area contributed by atoms with E-state index in [-0.39, 0.29) is 25.7 Å². The van der Waals surface area contributed by atoms with E-state index in [9.17, 15) is 43.2 Å². The first-order chi connectivity index (χ1) is 44.2. The van der Waals surface area contributed by atoms with Crippen molar-refractivity contribution in [1.82, 2.24) is 0 Å². The Labute approximate surface area is 562 Å². The number of aliphatic hydroxyl groups excluding tert-OH is 1. The zero-order valence-corrected chi connectivity index (χ0v) is 61.8. The Morgan fingerprint density at radius 1 is 0.293 bits per heavy atom. The van der Waals surface area contributed by atoms with Gasteiger partial charge in [0.2, 0.25) is 0 Å². The molecule has 17 nitrogen and oxygen atoms in total. The van der Waals surface area contributed by atoms with Gasteiger partial charge in [-0.15, -0.1) is 0 Å². The maximum atomic E-state index is 13.1. The first-order valence-corrected chi connectivity index (χ1v) is 40.8. The molecule has 0 fully saturated rings. The molecule has 5 atom stereocenters. The van der Waals surface area contributed by atoms with E-state index in [1.165, 1.54) is 180 Å². The van der Waals surface area contributed by atoms with Gasteiger partial charge in [0.15, 0.2) is 12.2 Å². The van der Waals surface area contributed by atoms with Crippen LogP contribution >= 0.6 is 15.6 Å². The highest BCUT2D eigenvalue weighted by Gasteiger charge is 2.30. The SMILES string of the molecule is CCCCCCCCCCCCCCCCCC(=O)O[C@H](COC(=O)CCCCCCCCCCCCCC(C)C)COP(=O)(O)OC[C@@H](O)COP(=O)(O)OC[C@@H](COC(=O)CCCCCCCCCCC(C)C)OC(=O)CCCCCCCCCCCC(C)C. The molecule has 0 saturated heterocycles. The minimum absolute atomic E-state index is 0.105. The van der Waals surface area contributed by atoms with Gasteiger partial charge in [-0.1, -0.05) is 318 Å². The molecule has 0 radical (unpaired) electrons. The van der Waals surface area contributed by atoms with Crippen LogP contribution in [-0.4, -0.2) is 96.7 Å².